The summed E-state index contributed by atoms with van der Waals surface area (Å²) < 4.78 is 0. The van der Waals surface area contributed by atoms with E-state index in [9.17, 15) is 0 Å². The Morgan fingerprint density at radius 2 is 1.50 bits per heavy atom. The monoisotopic (exact) mass is 260 g/mol. The standard InChI is InChI=1S/C8H11O2.C5H5.Fe/c1-6(10)8-4-2-3-7(8)5-9;1-2-4-5-3-1;/h2-4,6,9-10H,5H2,1H3;1-5H;/t6-;;/m0../s1. The predicted molar refractivity (Wildman–Crippen MR) is 59.7 cm³/mol. The molecular formula is C13H16FeO2. The van der Waals surface area contributed by atoms with Crippen LogP contribution in [-0.2, 0) is 17.1 Å². The zero-order valence-corrected chi connectivity index (χ0v) is 10.3. The van der Waals surface area contributed by atoms with Crippen molar-refractivity contribution in [2.24, 2.45) is 0 Å². The molecule has 1 atom stereocenters. The van der Waals surface area contributed by atoms with E-state index in [1.54, 1.807) is 6.92 Å². The van der Waals surface area contributed by atoms with Gasteiger partial charge in [0.1, 0.15) is 0 Å². The number of aliphatic hydroxyl groups is 2. The summed E-state index contributed by atoms with van der Waals surface area (Å²) in [6.07, 6.45) is 15.0. The van der Waals surface area contributed by atoms with Crippen molar-refractivity contribution < 1.29 is 27.3 Å². The van der Waals surface area contributed by atoms with E-state index in [0.29, 0.717) is 0 Å². The van der Waals surface area contributed by atoms with Gasteiger partial charge in [-0.2, -0.15) is 0 Å². The molecule has 0 heterocycles. The van der Waals surface area contributed by atoms with Crippen LogP contribution in [-0.4, -0.2) is 22.9 Å². The summed E-state index contributed by atoms with van der Waals surface area (Å²) in [7, 11) is 0. The molecule has 3 heteroatoms. The van der Waals surface area contributed by atoms with Crippen molar-refractivity contribution in [2.45, 2.75) is 13.0 Å². The van der Waals surface area contributed by atoms with Crippen LogP contribution in [0.15, 0.2) is 0 Å². The minimum absolute atomic E-state index is 0. The molecule has 0 unspecified atom stereocenters. The van der Waals surface area contributed by atoms with E-state index in [1.165, 1.54) is 0 Å². The van der Waals surface area contributed by atoms with E-state index >= 15 is 0 Å². The maximum Gasteiger partial charge on any atom is 0.0584 e. The molecule has 2 aliphatic rings. The minimum atomic E-state index is -0.475. The molecule has 2 fully saturated rings. The third kappa shape index (κ3) is 5.67. The van der Waals surface area contributed by atoms with Crippen LogP contribution in [0.4, 0.5) is 0 Å². The molecule has 0 amide bonds. The van der Waals surface area contributed by atoms with Gasteiger partial charge < -0.3 is 10.2 Å². The first kappa shape index (κ1) is 16.4. The van der Waals surface area contributed by atoms with Crippen molar-refractivity contribution in [1.29, 1.82) is 0 Å². The summed E-state index contributed by atoms with van der Waals surface area (Å²) in [4.78, 5) is 0. The molecule has 0 aliphatic heterocycles. The summed E-state index contributed by atoms with van der Waals surface area (Å²) in [5, 5.41) is 17.9. The van der Waals surface area contributed by atoms with Gasteiger partial charge in [-0.15, -0.1) is 0 Å². The first-order valence-electron chi connectivity index (χ1n) is 4.95. The molecule has 2 saturated carbocycles. The molecule has 0 aromatic heterocycles. The van der Waals surface area contributed by atoms with E-state index in [2.05, 4.69) is 0 Å². The Balaban J connectivity index is 0.000000318. The largest absolute Gasteiger partial charge is 0.396 e. The number of hydrogen-bond acceptors (Lipinski definition) is 2. The summed E-state index contributed by atoms with van der Waals surface area (Å²) in [5.74, 6) is 1.64. The first-order valence-corrected chi connectivity index (χ1v) is 4.95. The molecule has 0 aromatic rings. The van der Waals surface area contributed by atoms with Crippen molar-refractivity contribution in [3.63, 3.8) is 0 Å². The fraction of sp³-hybridized carbons (Fsp3) is 0.231. The Hall–Kier alpha value is 0.439. The molecule has 2 N–H and O–H groups in total. The molecule has 0 spiro atoms. The average molecular weight is 260 g/mol. The van der Waals surface area contributed by atoms with Crippen LogP contribution in [0, 0.1) is 63.2 Å². The van der Waals surface area contributed by atoms with Crippen molar-refractivity contribution in [3.8, 4) is 0 Å². The molecule has 88 valence electrons. The molecule has 2 aliphatic carbocycles. The van der Waals surface area contributed by atoms with Gasteiger partial charge in [0, 0.05) is 28.9 Å². The Morgan fingerprint density at radius 3 is 1.81 bits per heavy atom. The van der Waals surface area contributed by atoms with Crippen molar-refractivity contribution in [1.82, 2.24) is 0 Å². The molecule has 0 bridgehead atoms. The van der Waals surface area contributed by atoms with Gasteiger partial charge >= 0.3 is 0 Å². The van der Waals surface area contributed by atoms with E-state index in [0.717, 1.165) is 11.8 Å². The van der Waals surface area contributed by atoms with Gasteiger partial charge in [-0.25, -0.2) is 0 Å². The Bertz CT molecular complexity index is 150. The van der Waals surface area contributed by atoms with Crippen molar-refractivity contribution in [3.05, 3.63) is 63.2 Å². The number of hydrogen-bond donors (Lipinski definition) is 2. The first-order chi connectivity index (χ1) is 7.25. The number of aliphatic hydroxyl groups excluding tert-OH is 2. The van der Waals surface area contributed by atoms with Crippen LogP contribution in [0.2, 0.25) is 0 Å². The fourth-order valence-corrected chi connectivity index (χ4v) is 1.34. The topological polar surface area (TPSA) is 40.5 Å². The molecule has 0 saturated heterocycles. The van der Waals surface area contributed by atoms with Gasteiger partial charge in [-0.3, -0.25) is 0 Å². The molecular weight excluding hydrogens is 244 g/mol. The zero-order valence-electron chi connectivity index (χ0n) is 9.15. The normalized spacial score (nSPS) is 23.4. The molecule has 16 heavy (non-hydrogen) atoms. The van der Waals surface area contributed by atoms with E-state index in [4.69, 9.17) is 10.2 Å². The van der Waals surface area contributed by atoms with Crippen LogP contribution < -0.4 is 0 Å². The zero-order chi connectivity index (χ0) is 11.1. The van der Waals surface area contributed by atoms with E-state index < -0.39 is 6.10 Å². The SMILES string of the molecule is C[C@H](O)[C]1[CH][CH][CH][C]1CO.[CH]1[CH][CH][CH][CH]1.[Fe]. The van der Waals surface area contributed by atoms with Gasteiger partial charge in [-0.05, 0) is 58.3 Å². The molecule has 2 rings (SSSR count). The minimum Gasteiger partial charge on any atom is -0.396 e. The Labute approximate surface area is 110 Å². The summed E-state index contributed by atoms with van der Waals surface area (Å²) in [5.41, 5.74) is 0. The van der Waals surface area contributed by atoms with Crippen LogP contribution in [0.5, 0.6) is 0 Å². The summed E-state index contributed by atoms with van der Waals surface area (Å²) >= 11 is 0. The van der Waals surface area contributed by atoms with Gasteiger partial charge in [-0.1, -0.05) is 0 Å². The van der Waals surface area contributed by atoms with Gasteiger partial charge in [0.15, 0.2) is 0 Å². The smallest absolute Gasteiger partial charge is 0.0584 e. The molecule has 10 radical (unpaired) electrons. The van der Waals surface area contributed by atoms with Crippen LogP contribution in [0.1, 0.15) is 6.92 Å². The summed E-state index contributed by atoms with van der Waals surface area (Å²) in [6, 6.07) is 0. The maximum atomic E-state index is 9.11. The van der Waals surface area contributed by atoms with Crippen molar-refractivity contribution in [2.75, 3.05) is 6.61 Å². The molecule has 0 aromatic carbocycles. The van der Waals surface area contributed by atoms with Crippen LogP contribution in [0.3, 0.4) is 0 Å². The number of rotatable bonds is 2. The predicted octanol–water partition coefficient (Wildman–Crippen LogP) is 1.15. The Morgan fingerprint density at radius 1 is 1.00 bits per heavy atom. The maximum absolute atomic E-state index is 9.11. The van der Waals surface area contributed by atoms with Gasteiger partial charge in [0.05, 0.1) is 12.7 Å². The Kier molecular flexibility index (Phi) is 9.73. The quantitative estimate of drug-likeness (QED) is 0.731. The van der Waals surface area contributed by atoms with E-state index in [1.807, 2.05) is 51.4 Å². The third-order valence-corrected chi connectivity index (χ3v) is 2.12. The van der Waals surface area contributed by atoms with Gasteiger partial charge in [0.25, 0.3) is 0 Å². The second-order valence-corrected chi connectivity index (χ2v) is 3.30. The average Bonchev–Trinajstić information content (AvgIpc) is 2.92. The summed E-state index contributed by atoms with van der Waals surface area (Å²) in [6.45, 7) is 1.70. The second-order valence-electron chi connectivity index (χ2n) is 3.30. The van der Waals surface area contributed by atoms with Gasteiger partial charge in [0.2, 0.25) is 0 Å². The van der Waals surface area contributed by atoms with Crippen LogP contribution in [0.25, 0.3) is 0 Å². The third-order valence-electron chi connectivity index (χ3n) is 2.12. The second kappa shape index (κ2) is 9.47. The van der Waals surface area contributed by atoms with Crippen molar-refractivity contribution >= 4 is 0 Å². The molecule has 2 nitrogen and oxygen atoms in total. The fourth-order valence-electron chi connectivity index (χ4n) is 1.34. The van der Waals surface area contributed by atoms with E-state index in [-0.39, 0.29) is 23.7 Å². The van der Waals surface area contributed by atoms with Crippen LogP contribution >= 0.6 is 0 Å².